The van der Waals surface area contributed by atoms with Crippen LogP contribution in [-0.4, -0.2) is 23.1 Å². The quantitative estimate of drug-likeness (QED) is 0.885. The van der Waals surface area contributed by atoms with Crippen molar-refractivity contribution in [1.29, 1.82) is 0 Å². The Morgan fingerprint density at radius 3 is 2.58 bits per heavy atom. The fraction of sp³-hybridized carbons (Fsp3) is 0.222. The maximum absolute atomic E-state index is 12.8. The first kappa shape index (κ1) is 15.6. The maximum Gasteiger partial charge on any atom is 0.254 e. The molecular weight excluding hydrogens is 347 g/mol. The highest BCUT2D eigenvalue weighted by atomic mass is 35.5. The molecule has 24 heavy (non-hydrogen) atoms. The highest BCUT2D eigenvalue weighted by Gasteiger charge is 2.43. The zero-order valence-electron chi connectivity index (χ0n) is 12.6. The van der Waals surface area contributed by atoms with Crippen LogP contribution in [0.4, 0.5) is 5.69 Å². The van der Waals surface area contributed by atoms with E-state index in [-0.39, 0.29) is 18.1 Å². The number of rotatable bonds is 3. The van der Waals surface area contributed by atoms with Crippen molar-refractivity contribution in [3.63, 3.8) is 0 Å². The number of carbonyl (C=O) groups excluding carboxylic acids is 1. The number of nitrogens with zero attached hydrogens (tertiary/aromatic N) is 1. The Morgan fingerprint density at radius 1 is 1.08 bits per heavy atom. The van der Waals surface area contributed by atoms with E-state index in [4.69, 9.17) is 27.9 Å². The fourth-order valence-corrected chi connectivity index (χ4v) is 3.62. The third-order valence-electron chi connectivity index (χ3n) is 4.37. The van der Waals surface area contributed by atoms with E-state index in [9.17, 15) is 4.79 Å². The number of pyridine rings is 1. The Bertz CT molecular complexity index is 836. The lowest BCUT2D eigenvalue weighted by Crippen LogP contribution is -2.23. The Hall–Kier alpha value is -1.88. The van der Waals surface area contributed by atoms with Crippen molar-refractivity contribution in [1.82, 2.24) is 4.98 Å². The first-order valence-corrected chi connectivity index (χ1v) is 8.45. The van der Waals surface area contributed by atoms with Gasteiger partial charge in [0.25, 0.3) is 5.91 Å². The van der Waals surface area contributed by atoms with Gasteiger partial charge in [-0.05, 0) is 54.3 Å². The molecule has 1 amide bonds. The molecule has 1 aromatic carbocycles. The van der Waals surface area contributed by atoms with E-state index in [0.29, 0.717) is 21.3 Å². The molecule has 0 radical (unpaired) electrons. The molecule has 3 heterocycles. The number of aromatic nitrogens is 1. The summed E-state index contributed by atoms with van der Waals surface area (Å²) in [4.78, 5) is 16.9. The largest absolute Gasteiger partial charge is 0.365 e. The summed E-state index contributed by atoms with van der Waals surface area (Å²) < 4.78 is 5.95. The van der Waals surface area contributed by atoms with Gasteiger partial charge in [-0.15, -0.1) is 0 Å². The minimum atomic E-state index is -0.160. The van der Waals surface area contributed by atoms with Gasteiger partial charge in [-0.3, -0.25) is 9.78 Å². The molecule has 0 saturated carbocycles. The predicted octanol–water partition coefficient (Wildman–Crippen LogP) is 4.34. The number of amides is 1. The Morgan fingerprint density at radius 2 is 1.83 bits per heavy atom. The first-order chi connectivity index (χ1) is 11.6. The third kappa shape index (κ3) is 2.71. The Labute approximate surface area is 149 Å². The summed E-state index contributed by atoms with van der Waals surface area (Å²) in [5, 5.41) is 3.76. The van der Waals surface area contributed by atoms with Crippen LogP contribution in [0.1, 0.15) is 18.4 Å². The van der Waals surface area contributed by atoms with Gasteiger partial charge in [0.15, 0.2) is 0 Å². The second-order valence-corrected chi connectivity index (χ2v) is 6.65. The van der Waals surface area contributed by atoms with Crippen LogP contribution in [0.25, 0.3) is 5.57 Å². The van der Waals surface area contributed by atoms with E-state index in [1.807, 2.05) is 12.1 Å². The average Bonchev–Trinajstić information content (AvgIpc) is 3.20. The number of hydrogen-bond donors (Lipinski definition) is 1. The lowest BCUT2D eigenvalue weighted by molar-refractivity contribution is -0.113. The normalized spacial score (nSPS) is 22.1. The van der Waals surface area contributed by atoms with Crippen molar-refractivity contribution >= 4 is 40.4 Å². The molecular formula is C18H14Cl2N2O2. The molecule has 6 heteroatoms. The van der Waals surface area contributed by atoms with Gasteiger partial charge in [-0.1, -0.05) is 23.2 Å². The van der Waals surface area contributed by atoms with Gasteiger partial charge in [0.05, 0.1) is 27.8 Å². The van der Waals surface area contributed by atoms with Crippen molar-refractivity contribution < 1.29 is 9.53 Å². The highest BCUT2D eigenvalue weighted by molar-refractivity contribution is 6.42. The van der Waals surface area contributed by atoms with Crippen LogP contribution in [0.15, 0.2) is 48.3 Å². The van der Waals surface area contributed by atoms with Crippen LogP contribution in [-0.2, 0) is 9.53 Å². The summed E-state index contributed by atoms with van der Waals surface area (Å²) in [5.41, 5.74) is 3.25. The number of anilines is 1. The molecule has 2 bridgehead atoms. The van der Waals surface area contributed by atoms with Crippen molar-refractivity contribution in [2.24, 2.45) is 0 Å². The smallest absolute Gasteiger partial charge is 0.254 e. The number of ether oxygens (including phenoxy) is 1. The van der Waals surface area contributed by atoms with Crippen LogP contribution in [0.5, 0.6) is 0 Å². The van der Waals surface area contributed by atoms with Crippen molar-refractivity contribution in [3.05, 3.63) is 63.9 Å². The molecule has 1 aromatic heterocycles. The Balaban J connectivity index is 1.68. The van der Waals surface area contributed by atoms with Crippen LogP contribution in [0.3, 0.4) is 0 Å². The molecule has 2 aliphatic heterocycles. The molecule has 1 fully saturated rings. The minimum Gasteiger partial charge on any atom is -0.365 e. The summed E-state index contributed by atoms with van der Waals surface area (Å²) in [6, 6.07) is 8.85. The van der Waals surface area contributed by atoms with E-state index in [1.165, 1.54) is 0 Å². The van der Waals surface area contributed by atoms with Gasteiger partial charge in [0.2, 0.25) is 0 Å². The summed E-state index contributed by atoms with van der Waals surface area (Å²) >= 11 is 11.9. The van der Waals surface area contributed by atoms with Gasteiger partial charge in [-0.2, -0.15) is 0 Å². The molecule has 1 N–H and O–H groups in total. The van der Waals surface area contributed by atoms with Crippen LogP contribution in [0.2, 0.25) is 10.0 Å². The highest BCUT2D eigenvalue weighted by Crippen LogP contribution is 2.44. The minimum absolute atomic E-state index is 0.0213. The molecule has 2 atom stereocenters. The summed E-state index contributed by atoms with van der Waals surface area (Å²) in [6.07, 6.45) is 5.08. The molecule has 0 unspecified atom stereocenters. The molecule has 0 aliphatic carbocycles. The molecule has 2 aliphatic rings. The number of benzene rings is 1. The molecule has 2 aromatic rings. The van der Waals surface area contributed by atoms with Gasteiger partial charge >= 0.3 is 0 Å². The summed E-state index contributed by atoms with van der Waals surface area (Å²) in [5.74, 6) is -0.160. The molecule has 4 rings (SSSR count). The summed E-state index contributed by atoms with van der Waals surface area (Å²) in [6.45, 7) is 0. The zero-order chi connectivity index (χ0) is 16.7. The average molecular weight is 361 g/mol. The SMILES string of the molecule is O=C(Nc1ccc(Cl)c(Cl)c1)C1=C(c2ccncc2)[C@H]2CC[C@@H]1O2. The lowest BCUT2D eigenvalue weighted by atomic mass is 9.87. The van der Waals surface area contributed by atoms with Crippen molar-refractivity contribution in [2.45, 2.75) is 25.0 Å². The number of fused-ring (bicyclic) bond motifs is 2. The second-order valence-electron chi connectivity index (χ2n) is 5.84. The summed E-state index contributed by atoms with van der Waals surface area (Å²) in [7, 11) is 0. The van der Waals surface area contributed by atoms with Gasteiger partial charge < -0.3 is 10.1 Å². The number of nitrogens with one attached hydrogen (secondary N) is 1. The second kappa shape index (κ2) is 6.20. The van der Waals surface area contributed by atoms with Crippen LogP contribution < -0.4 is 5.32 Å². The third-order valence-corrected chi connectivity index (χ3v) is 5.11. The van der Waals surface area contributed by atoms with Crippen LogP contribution in [0, 0.1) is 0 Å². The predicted molar refractivity (Wildman–Crippen MR) is 94.1 cm³/mol. The van der Waals surface area contributed by atoms with Gasteiger partial charge in [-0.25, -0.2) is 0 Å². The number of carbonyl (C=O) groups is 1. The topological polar surface area (TPSA) is 51.2 Å². The van der Waals surface area contributed by atoms with Crippen molar-refractivity contribution in [2.75, 3.05) is 5.32 Å². The Kier molecular flexibility index (Phi) is 4.04. The molecule has 4 nitrogen and oxygen atoms in total. The van der Waals surface area contributed by atoms with Crippen molar-refractivity contribution in [3.8, 4) is 0 Å². The molecule has 1 saturated heterocycles. The molecule has 122 valence electrons. The van der Waals surface area contributed by atoms with Gasteiger partial charge in [0.1, 0.15) is 0 Å². The number of hydrogen-bond acceptors (Lipinski definition) is 3. The van der Waals surface area contributed by atoms with Gasteiger partial charge in [0, 0.05) is 18.1 Å². The van der Waals surface area contributed by atoms with E-state index in [2.05, 4.69) is 10.3 Å². The first-order valence-electron chi connectivity index (χ1n) is 7.70. The fourth-order valence-electron chi connectivity index (χ4n) is 3.32. The van der Waals surface area contributed by atoms with E-state index < -0.39 is 0 Å². The van der Waals surface area contributed by atoms with E-state index >= 15 is 0 Å². The molecule has 0 spiro atoms. The van der Waals surface area contributed by atoms with E-state index in [1.54, 1.807) is 30.6 Å². The maximum atomic E-state index is 12.8. The zero-order valence-corrected chi connectivity index (χ0v) is 14.1. The lowest BCUT2D eigenvalue weighted by Gasteiger charge is -2.17. The van der Waals surface area contributed by atoms with Crippen LogP contribution >= 0.6 is 23.2 Å². The standard InChI is InChI=1S/C18H14Cl2N2O2/c19-12-2-1-11(9-13(12)20)22-18(23)17-15-4-3-14(24-15)16(17)10-5-7-21-8-6-10/h1-2,5-9,14-15H,3-4H2,(H,22,23)/t14-,15+/m1/s1. The monoisotopic (exact) mass is 360 g/mol. The number of halogens is 2. The van der Waals surface area contributed by atoms with E-state index in [0.717, 1.165) is 24.0 Å².